The maximum Gasteiger partial charge on any atom is 0.146 e. The minimum Gasteiger partial charge on any atom is -0.380 e. The third-order valence-corrected chi connectivity index (χ3v) is 3.71. The van der Waals surface area contributed by atoms with E-state index in [1.54, 1.807) is 0 Å². The van der Waals surface area contributed by atoms with Crippen LogP contribution in [-0.4, -0.2) is 6.04 Å². The van der Waals surface area contributed by atoms with E-state index in [-0.39, 0.29) is 11.9 Å². The van der Waals surface area contributed by atoms with Gasteiger partial charge in [0.2, 0.25) is 0 Å². The van der Waals surface area contributed by atoms with Crippen LogP contribution in [-0.2, 0) is 0 Å². The van der Waals surface area contributed by atoms with Crippen molar-refractivity contribution in [3.63, 3.8) is 0 Å². The molecule has 0 unspecified atom stereocenters. The zero-order valence-corrected chi connectivity index (χ0v) is 10.2. The predicted molar refractivity (Wildman–Crippen MR) is 66.0 cm³/mol. The van der Waals surface area contributed by atoms with Crippen LogP contribution in [0.2, 0.25) is 0 Å². The minimum absolute atomic E-state index is 0.286. The molecule has 94 valence electrons. The molecule has 1 aliphatic rings. The molecular weight excluding hydrogens is 220 g/mol. The van der Waals surface area contributed by atoms with Gasteiger partial charge >= 0.3 is 0 Å². The summed E-state index contributed by atoms with van der Waals surface area (Å²) in [6.07, 6.45) is 5.69. The van der Waals surface area contributed by atoms with Gasteiger partial charge in [-0.1, -0.05) is 13.3 Å². The first-order valence-electron chi connectivity index (χ1n) is 6.40. The highest BCUT2D eigenvalue weighted by atomic mass is 19.1. The highest BCUT2D eigenvalue weighted by Crippen LogP contribution is 2.29. The van der Waals surface area contributed by atoms with E-state index in [0.29, 0.717) is 5.69 Å². The zero-order valence-electron chi connectivity index (χ0n) is 10.2. The summed E-state index contributed by atoms with van der Waals surface area (Å²) in [5.41, 5.74) is 0.296. The molecule has 0 amide bonds. The second-order valence-electron chi connectivity index (χ2n) is 4.89. The van der Waals surface area contributed by atoms with Crippen molar-refractivity contribution in [1.29, 1.82) is 0 Å². The Morgan fingerprint density at radius 1 is 1.18 bits per heavy atom. The summed E-state index contributed by atoms with van der Waals surface area (Å²) in [6, 6.07) is 3.85. The van der Waals surface area contributed by atoms with E-state index in [1.165, 1.54) is 31.4 Å². The Labute approximate surface area is 101 Å². The quantitative estimate of drug-likeness (QED) is 0.827. The SMILES string of the molecule is CCC1CCC(Nc2cc(F)ccc2F)CC1. The molecule has 1 N–H and O–H groups in total. The number of nitrogens with one attached hydrogen (secondary N) is 1. The molecule has 2 rings (SSSR count). The van der Waals surface area contributed by atoms with Gasteiger partial charge in [-0.2, -0.15) is 0 Å². The molecule has 0 saturated heterocycles. The molecule has 17 heavy (non-hydrogen) atoms. The zero-order chi connectivity index (χ0) is 12.3. The van der Waals surface area contributed by atoms with E-state index < -0.39 is 5.82 Å². The van der Waals surface area contributed by atoms with Crippen molar-refractivity contribution in [2.45, 2.75) is 45.1 Å². The average Bonchev–Trinajstić information content (AvgIpc) is 2.35. The summed E-state index contributed by atoms with van der Waals surface area (Å²) < 4.78 is 26.4. The molecule has 0 atom stereocenters. The Morgan fingerprint density at radius 2 is 1.88 bits per heavy atom. The maximum atomic E-state index is 13.4. The van der Waals surface area contributed by atoms with Gasteiger partial charge < -0.3 is 5.32 Å². The number of anilines is 1. The summed E-state index contributed by atoms with van der Waals surface area (Å²) in [6.45, 7) is 2.21. The molecule has 1 aromatic carbocycles. The van der Waals surface area contributed by atoms with Gasteiger partial charge in [0, 0.05) is 6.04 Å². The lowest BCUT2D eigenvalue weighted by Crippen LogP contribution is -2.26. The van der Waals surface area contributed by atoms with Crippen molar-refractivity contribution in [1.82, 2.24) is 0 Å². The van der Waals surface area contributed by atoms with Crippen LogP contribution < -0.4 is 5.32 Å². The first-order chi connectivity index (χ1) is 8.19. The van der Waals surface area contributed by atoms with Crippen molar-refractivity contribution in [2.24, 2.45) is 5.92 Å². The summed E-state index contributed by atoms with van der Waals surface area (Å²) in [4.78, 5) is 0. The van der Waals surface area contributed by atoms with Crippen LogP contribution in [0.25, 0.3) is 0 Å². The Kier molecular flexibility index (Phi) is 3.97. The number of benzene rings is 1. The summed E-state index contributed by atoms with van der Waals surface area (Å²) >= 11 is 0. The van der Waals surface area contributed by atoms with Crippen molar-refractivity contribution in [3.05, 3.63) is 29.8 Å². The second kappa shape index (κ2) is 5.48. The third kappa shape index (κ3) is 3.18. The van der Waals surface area contributed by atoms with Crippen LogP contribution in [0, 0.1) is 17.6 Å². The summed E-state index contributed by atoms with van der Waals surface area (Å²) in [5, 5.41) is 3.12. The average molecular weight is 239 g/mol. The highest BCUT2D eigenvalue weighted by molar-refractivity contribution is 5.45. The van der Waals surface area contributed by atoms with Gasteiger partial charge in [-0.25, -0.2) is 8.78 Å². The van der Waals surface area contributed by atoms with Crippen LogP contribution >= 0.6 is 0 Å². The predicted octanol–water partition coefficient (Wildman–Crippen LogP) is 4.35. The normalized spacial score (nSPS) is 24.6. The molecule has 1 aliphatic carbocycles. The Morgan fingerprint density at radius 3 is 2.53 bits per heavy atom. The second-order valence-corrected chi connectivity index (χ2v) is 4.89. The fraction of sp³-hybridized carbons (Fsp3) is 0.571. The maximum absolute atomic E-state index is 13.4. The van der Waals surface area contributed by atoms with Gasteiger partial charge in [-0.05, 0) is 49.8 Å². The first-order valence-corrected chi connectivity index (χ1v) is 6.40. The van der Waals surface area contributed by atoms with Gasteiger partial charge in [0.1, 0.15) is 11.6 Å². The lowest BCUT2D eigenvalue weighted by Gasteiger charge is -2.29. The lowest BCUT2D eigenvalue weighted by atomic mass is 9.84. The molecular formula is C14H19F2N. The Balaban J connectivity index is 1.95. The largest absolute Gasteiger partial charge is 0.380 e. The van der Waals surface area contributed by atoms with Crippen LogP contribution in [0.1, 0.15) is 39.0 Å². The minimum atomic E-state index is -0.392. The van der Waals surface area contributed by atoms with Crippen LogP contribution in [0.5, 0.6) is 0 Å². The molecule has 0 aromatic heterocycles. The number of hydrogen-bond acceptors (Lipinski definition) is 1. The van der Waals surface area contributed by atoms with E-state index in [0.717, 1.165) is 24.8 Å². The van der Waals surface area contributed by atoms with Crippen molar-refractivity contribution >= 4 is 5.69 Å². The van der Waals surface area contributed by atoms with E-state index in [9.17, 15) is 8.78 Å². The number of rotatable bonds is 3. The monoisotopic (exact) mass is 239 g/mol. The Bertz CT molecular complexity index is 370. The molecule has 0 spiro atoms. The molecule has 1 nitrogen and oxygen atoms in total. The molecule has 0 radical (unpaired) electrons. The smallest absolute Gasteiger partial charge is 0.146 e. The van der Waals surface area contributed by atoms with Crippen LogP contribution in [0.15, 0.2) is 18.2 Å². The molecule has 1 saturated carbocycles. The first kappa shape index (κ1) is 12.3. The lowest BCUT2D eigenvalue weighted by molar-refractivity contribution is 0.329. The van der Waals surface area contributed by atoms with Gasteiger partial charge in [0.25, 0.3) is 0 Å². The molecule has 1 fully saturated rings. The molecule has 0 aliphatic heterocycles. The van der Waals surface area contributed by atoms with Crippen LogP contribution in [0.3, 0.4) is 0 Å². The number of halogens is 2. The number of hydrogen-bond donors (Lipinski definition) is 1. The van der Waals surface area contributed by atoms with Gasteiger partial charge in [0.15, 0.2) is 0 Å². The van der Waals surface area contributed by atoms with E-state index in [2.05, 4.69) is 12.2 Å². The molecule has 1 aromatic rings. The standard InChI is InChI=1S/C14H19F2N/c1-2-10-3-6-12(7-4-10)17-14-9-11(15)5-8-13(14)16/h5,8-10,12,17H,2-4,6-7H2,1H3. The summed E-state index contributed by atoms with van der Waals surface area (Å²) in [7, 11) is 0. The molecule has 0 heterocycles. The third-order valence-electron chi connectivity index (χ3n) is 3.71. The van der Waals surface area contributed by atoms with Crippen molar-refractivity contribution in [2.75, 3.05) is 5.32 Å². The van der Waals surface area contributed by atoms with Crippen molar-refractivity contribution < 1.29 is 8.78 Å². The van der Waals surface area contributed by atoms with Crippen LogP contribution in [0.4, 0.5) is 14.5 Å². The van der Waals surface area contributed by atoms with Gasteiger partial charge in [0.05, 0.1) is 5.69 Å². The summed E-state index contributed by atoms with van der Waals surface area (Å²) in [5.74, 6) is 0.0468. The van der Waals surface area contributed by atoms with Gasteiger partial charge in [-0.3, -0.25) is 0 Å². The van der Waals surface area contributed by atoms with E-state index in [1.807, 2.05) is 0 Å². The van der Waals surface area contributed by atoms with E-state index >= 15 is 0 Å². The fourth-order valence-corrected chi connectivity index (χ4v) is 2.54. The topological polar surface area (TPSA) is 12.0 Å². The molecule has 3 heteroatoms. The Hall–Kier alpha value is -1.12. The highest BCUT2D eigenvalue weighted by Gasteiger charge is 2.20. The van der Waals surface area contributed by atoms with Gasteiger partial charge in [-0.15, -0.1) is 0 Å². The van der Waals surface area contributed by atoms with E-state index in [4.69, 9.17) is 0 Å². The van der Waals surface area contributed by atoms with Crippen molar-refractivity contribution in [3.8, 4) is 0 Å². The fourth-order valence-electron chi connectivity index (χ4n) is 2.54. The molecule has 0 bridgehead atoms.